The number of H-pyrrole nitrogens is 1. The molecular weight excluding hydrogens is 296 g/mol. The van der Waals surface area contributed by atoms with Crippen LogP contribution in [0.15, 0.2) is 53.7 Å². The van der Waals surface area contributed by atoms with E-state index in [9.17, 15) is 8.78 Å². The lowest BCUT2D eigenvalue weighted by Gasteiger charge is -2.20. The number of nitrogens with zero attached hydrogens (tertiary/aromatic N) is 2. The molecular formula is C18H13F2N3. The molecule has 4 rings (SSSR count). The average Bonchev–Trinajstić information content (AvgIpc) is 3.05. The Balaban J connectivity index is 1.78. The first-order valence-electron chi connectivity index (χ1n) is 7.32. The van der Waals surface area contributed by atoms with Gasteiger partial charge in [-0.15, -0.1) is 0 Å². The topological polar surface area (TPSA) is 41.0 Å². The summed E-state index contributed by atoms with van der Waals surface area (Å²) in [6, 6.07) is 9.58. The third-order valence-electron chi connectivity index (χ3n) is 4.03. The van der Waals surface area contributed by atoms with Gasteiger partial charge in [0.15, 0.2) is 11.6 Å². The third kappa shape index (κ3) is 2.44. The summed E-state index contributed by atoms with van der Waals surface area (Å²) in [5.41, 5.74) is 3.59. The van der Waals surface area contributed by atoms with Crippen LogP contribution in [0.3, 0.4) is 0 Å². The predicted octanol–water partition coefficient (Wildman–Crippen LogP) is 4.44. The van der Waals surface area contributed by atoms with Gasteiger partial charge in [0.05, 0.1) is 17.8 Å². The van der Waals surface area contributed by atoms with E-state index < -0.39 is 11.6 Å². The molecule has 0 aliphatic carbocycles. The first-order valence-corrected chi connectivity index (χ1v) is 7.32. The van der Waals surface area contributed by atoms with E-state index >= 15 is 0 Å². The van der Waals surface area contributed by atoms with Crippen LogP contribution in [0.5, 0.6) is 0 Å². The SMILES string of the molecule is Fc1ccc(C2N=CCC=C2c2ccc3[nH]ncc3c2)cc1F. The van der Waals surface area contributed by atoms with E-state index in [-0.39, 0.29) is 6.04 Å². The molecule has 114 valence electrons. The predicted molar refractivity (Wildman–Crippen MR) is 86.3 cm³/mol. The molecule has 0 fully saturated rings. The lowest BCUT2D eigenvalue weighted by atomic mass is 9.90. The maximum Gasteiger partial charge on any atom is 0.159 e. The van der Waals surface area contributed by atoms with Crippen molar-refractivity contribution in [1.82, 2.24) is 10.2 Å². The number of halogens is 2. The van der Waals surface area contributed by atoms with Gasteiger partial charge in [-0.05, 0) is 41.0 Å². The molecule has 0 saturated heterocycles. The Hall–Kier alpha value is -2.82. The molecule has 1 aliphatic heterocycles. The normalized spacial score (nSPS) is 17.5. The van der Waals surface area contributed by atoms with Crippen LogP contribution < -0.4 is 0 Å². The number of aromatic amines is 1. The van der Waals surface area contributed by atoms with Crippen molar-refractivity contribution in [2.75, 3.05) is 0 Å². The van der Waals surface area contributed by atoms with E-state index in [4.69, 9.17) is 0 Å². The molecule has 1 atom stereocenters. The Kier molecular flexibility index (Phi) is 3.26. The van der Waals surface area contributed by atoms with E-state index in [0.29, 0.717) is 5.56 Å². The van der Waals surface area contributed by atoms with Gasteiger partial charge in [0.2, 0.25) is 0 Å². The first-order chi connectivity index (χ1) is 11.2. The number of hydrogen-bond acceptors (Lipinski definition) is 2. The number of hydrogen-bond donors (Lipinski definition) is 1. The van der Waals surface area contributed by atoms with Crippen LogP contribution in [0.1, 0.15) is 23.6 Å². The maximum atomic E-state index is 13.6. The standard InChI is InChI=1S/C18H13F2N3/c19-15-5-3-12(9-16(15)20)18-14(2-1-7-21-18)11-4-6-17-13(8-11)10-22-23-17/h2-10,18H,1H2,(H,22,23). The van der Waals surface area contributed by atoms with Crippen LogP contribution in [0.2, 0.25) is 0 Å². The number of allylic oxidation sites excluding steroid dienone is 1. The van der Waals surface area contributed by atoms with Gasteiger partial charge in [-0.2, -0.15) is 5.10 Å². The zero-order valence-corrected chi connectivity index (χ0v) is 12.1. The lowest BCUT2D eigenvalue weighted by Crippen LogP contribution is -2.05. The minimum absolute atomic E-state index is 0.330. The van der Waals surface area contributed by atoms with Crippen molar-refractivity contribution in [2.24, 2.45) is 4.99 Å². The molecule has 5 heteroatoms. The highest BCUT2D eigenvalue weighted by atomic mass is 19.2. The highest BCUT2D eigenvalue weighted by molar-refractivity contribution is 5.86. The third-order valence-corrected chi connectivity index (χ3v) is 4.03. The molecule has 0 amide bonds. The Labute approximate surface area is 131 Å². The number of benzene rings is 2. The highest BCUT2D eigenvalue weighted by Crippen LogP contribution is 2.36. The van der Waals surface area contributed by atoms with Gasteiger partial charge in [-0.3, -0.25) is 10.1 Å². The fourth-order valence-corrected chi connectivity index (χ4v) is 2.88. The molecule has 0 radical (unpaired) electrons. The van der Waals surface area contributed by atoms with Crippen LogP contribution in [-0.4, -0.2) is 16.4 Å². The Bertz CT molecular complexity index is 940. The van der Waals surface area contributed by atoms with Gasteiger partial charge in [0.1, 0.15) is 0 Å². The zero-order valence-electron chi connectivity index (χ0n) is 12.1. The summed E-state index contributed by atoms with van der Waals surface area (Å²) in [6.45, 7) is 0. The van der Waals surface area contributed by atoms with Crippen LogP contribution in [0, 0.1) is 11.6 Å². The summed E-state index contributed by atoms with van der Waals surface area (Å²) in [7, 11) is 0. The van der Waals surface area contributed by atoms with Crippen molar-refractivity contribution < 1.29 is 8.78 Å². The second-order valence-corrected chi connectivity index (χ2v) is 5.47. The molecule has 3 aromatic rings. The van der Waals surface area contributed by atoms with Crippen LogP contribution in [-0.2, 0) is 0 Å². The maximum absolute atomic E-state index is 13.6. The molecule has 1 aliphatic rings. The lowest BCUT2D eigenvalue weighted by molar-refractivity contribution is 0.506. The number of rotatable bonds is 2. The second-order valence-electron chi connectivity index (χ2n) is 5.47. The molecule has 0 spiro atoms. The summed E-state index contributed by atoms with van der Waals surface area (Å²) in [6.07, 6.45) is 6.35. The van der Waals surface area contributed by atoms with Crippen molar-refractivity contribution in [1.29, 1.82) is 0 Å². The summed E-state index contributed by atoms with van der Waals surface area (Å²) < 4.78 is 26.8. The second kappa shape index (κ2) is 5.43. The van der Waals surface area contributed by atoms with Gasteiger partial charge in [-0.25, -0.2) is 8.78 Å². The summed E-state index contributed by atoms with van der Waals surface area (Å²) >= 11 is 0. The summed E-state index contributed by atoms with van der Waals surface area (Å²) in [5, 5.41) is 7.94. The molecule has 0 saturated carbocycles. The quantitative estimate of drug-likeness (QED) is 0.747. The first kappa shape index (κ1) is 13.8. The fraction of sp³-hybridized carbons (Fsp3) is 0.111. The molecule has 1 N–H and O–H groups in total. The van der Waals surface area contributed by atoms with E-state index in [1.807, 2.05) is 18.2 Å². The molecule has 0 bridgehead atoms. The van der Waals surface area contributed by atoms with E-state index in [2.05, 4.69) is 21.3 Å². The van der Waals surface area contributed by atoms with E-state index in [1.165, 1.54) is 6.07 Å². The molecule has 1 aromatic heterocycles. The number of aromatic nitrogens is 2. The monoisotopic (exact) mass is 309 g/mol. The Morgan fingerprint density at radius 1 is 1.04 bits per heavy atom. The molecule has 23 heavy (non-hydrogen) atoms. The van der Waals surface area contributed by atoms with Crippen LogP contribution in [0.4, 0.5) is 8.78 Å². The van der Waals surface area contributed by atoms with Crippen molar-refractivity contribution in [2.45, 2.75) is 12.5 Å². The molecule has 2 heterocycles. The Morgan fingerprint density at radius 2 is 1.96 bits per heavy atom. The van der Waals surface area contributed by atoms with Crippen LogP contribution >= 0.6 is 0 Å². The zero-order chi connectivity index (χ0) is 15.8. The summed E-state index contributed by atoms with van der Waals surface area (Å²) in [4.78, 5) is 4.49. The highest BCUT2D eigenvalue weighted by Gasteiger charge is 2.20. The largest absolute Gasteiger partial charge is 0.284 e. The van der Waals surface area contributed by atoms with Crippen LogP contribution in [0.25, 0.3) is 16.5 Å². The van der Waals surface area contributed by atoms with Crippen molar-refractivity contribution >= 4 is 22.7 Å². The number of dihydropyridines is 1. The minimum Gasteiger partial charge on any atom is -0.284 e. The van der Waals surface area contributed by atoms with Gasteiger partial charge in [-0.1, -0.05) is 18.2 Å². The smallest absolute Gasteiger partial charge is 0.159 e. The number of nitrogens with one attached hydrogen (secondary N) is 1. The van der Waals surface area contributed by atoms with Crippen molar-refractivity contribution in [3.63, 3.8) is 0 Å². The van der Waals surface area contributed by atoms with E-state index in [1.54, 1.807) is 18.5 Å². The van der Waals surface area contributed by atoms with Gasteiger partial charge < -0.3 is 0 Å². The van der Waals surface area contributed by atoms with Gasteiger partial charge in [0, 0.05) is 18.0 Å². The molecule has 3 nitrogen and oxygen atoms in total. The summed E-state index contributed by atoms with van der Waals surface area (Å²) in [5.74, 6) is -1.70. The minimum atomic E-state index is -0.854. The van der Waals surface area contributed by atoms with Crippen molar-refractivity contribution in [3.8, 4) is 0 Å². The van der Waals surface area contributed by atoms with Gasteiger partial charge in [0.25, 0.3) is 0 Å². The fourth-order valence-electron chi connectivity index (χ4n) is 2.88. The number of aliphatic imine (C=N–C) groups is 1. The van der Waals surface area contributed by atoms with E-state index in [0.717, 1.165) is 34.5 Å². The molecule has 2 aromatic carbocycles. The number of fused-ring (bicyclic) bond motifs is 1. The van der Waals surface area contributed by atoms with Crippen molar-refractivity contribution in [3.05, 3.63) is 71.4 Å². The molecule has 1 unspecified atom stereocenters. The van der Waals surface area contributed by atoms with Gasteiger partial charge >= 0.3 is 0 Å². The average molecular weight is 309 g/mol. The Morgan fingerprint density at radius 3 is 2.83 bits per heavy atom.